The molecule has 1 rings (SSSR count). The van der Waals surface area contributed by atoms with Crippen LogP contribution in [0.5, 0.6) is 0 Å². The van der Waals surface area contributed by atoms with Gasteiger partial charge in [-0.3, -0.25) is 4.79 Å². The van der Waals surface area contributed by atoms with Crippen LogP contribution >= 0.6 is 12.2 Å². The Morgan fingerprint density at radius 2 is 2.00 bits per heavy atom. The second-order valence-corrected chi connectivity index (χ2v) is 2.96. The lowest BCUT2D eigenvalue weighted by molar-refractivity contribution is -0.119. The van der Waals surface area contributed by atoms with E-state index in [0.717, 1.165) is 19.5 Å². The molecule has 1 heterocycles. The van der Waals surface area contributed by atoms with Crippen LogP contribution < -0.4 is 11.3 Å². The van der Waals surface area contributed by atoms with Gasteiger partial charge in [0.05, 0.1) is 0 Å². The van der Waals surface area contributed by atoms with Crippen LogP contribution in [0.1, 0.15) is 0 Å². The third kappa shape index (κ3) is 2.05. The molecule has 3 N–H and O–H groups in total. The number of nitrogens with zero attached hydrogens (tertiary/aromatic N) is 2. The monoisotopic (exact) mass is 188 g/mol. The summed E-state index contributed by atoms with van der Waals surface area (Å²) in [6.07, 6.45) is 0.857. The van der Waals surface area contributed by atoms with E-state index in [2.05, 4.69) is 5.43 Å². The molecule has 68 valence electrons. The number of carbonyl (C=O) groups is 1. The number of thiocarbonyl (C=S) groups is 1. The molecule has 0 aliphatic carbocycles. The number of rotatable bonds is 1. The minimum atomic E-state index is 0.542. The van der Waals surface area contributed by atoms with E-state index < -0.39 is 0 Å². The molecule has 0 atom stereocenters. The van der Waals surface area contributed by atoms with Gasteiger partial charge in [0.2, 0.25) is 6.41 Å². The van der Waals surface area contributed by atoms with Gasteiger partial charge in [0.15, 0.2) is 5.11 Å². The lowest BCUT2D eigenvalue weighted by Gasteiger charge is -2.33. The smallest absolute Gasteiger partial charge is 0.209 e. The van der Waals surface area contributed by atoms with Gasteiger partial charge in [-0.25, -0.2) is 5.84 Å². The van der Waals surface area contributed by atoms with Gasteiger partial charge in [0.25, 0.3) is 0 Å². The third-order valence-corrected chi connectivity index (χ3v) is 2.25. The van der Waals surface area contributed by atoms with E-state index >= 15 is 0 Å². The lowest BCUT2D eigenvalue weighted by atomic mass is 10.3. The Balaban J connectivity index is 2.35. The highest BCUT2D eigenvalue weighted by atomic mass is 32.1. The molecule has 1 saturated heterocycles. The van der Waals surface area contributed by atoms with Gasteiger partial charge in [-0.05, 0) is 12.2 Å². The third-order valence-electron chi connectivity index (χ3n) is 1.87. The van der Waals surface area contributed by atoms with Crippen molar-refractivity contribution in [3.63, 3.8) is 0 Å². The van der Waals surface area contributed by atoms with Gasteiger partial charge in [-0.1, -0.05) is 0 Å². The van der Waals surface area contributed by atoms with Gasteiger partial charge in [0.1, 0.15) is 0 Å². The molecule has 0 aromatic heterocycles. The maximum atomic E-state index is 10.3. The van der Waals surface area contributed by atoms with Crippen molar-refractivity contribution in [2.45, 2.75) is 0 Å². The van der Waals surface area contributed by atoms with E-state index in [0.29, 0.717) is 18.2 Å². The van der Waals surface area contributed by atoms with Crippen LogP contribution in [0.15, 0.2) is 0 Å². The number of hydrogen-bond donors (Lipinski definition) is 2. The van der Waals surface area contributed by atoms with Crippen LogP contribution in [0.3, 0.4) is 0 Å². The highest BCUT2D eigenvalue weighted by Gasteiger charge is 2.16. The van der Waals surface area contributed by atoms with Crippen LogP contribution in [-0.2, 0) is 4.79 Å². The van der Waals surface area contributed by atoms with Gasteiger partial charge in [0, 0.05) is 26.2 Å². The Bertz CT molecular complexity index is 178. The first-order chi connectivity index (χ1) is 5.77. The fourth-order valence-corrected chi connectivity index (χ4v) is 1.30. The van der Waals surface area contributed by atoms with Crippen molar-refractivity contribution in [3.05, 3.63) is 0 Å². The molecule has 12 heavy (non-hydrogen) atoms. The number of nitrogens with two attached hydrogens (primary N) is 1. The molecule has 1 amide bonds. The molecule has 0 bridgehead atoms. The number of nitrogens with one attached hydrogen (secondary N) is 1. The van der Waals surface area contributed by atoms with Crippen molar-refractivity contribution in [1.82, 2.24) is 15.2 Å². The van der Waals surface area contributed by atoms with Crippen LogP contribution in [0.25, 0.3) is 0 Å². The largest absolute Gasteiger partial charge is 0.345 e. The Morgan fingerprint density at radius 3 is 2.42 bits per heavy atom. The van der Waals surface area contributed by atoms with Crippen LogP contribution in [0.2, 0.25) is 0 Å². The first-order valence-electron chi connectivity index (χ1n) is 3.73. The molecular formula is C6H12N4OS. The summed E-state index contributed by atoms with van der Waals surface area (Å²) < 4.78 is 0. The SMILES string of the molecule is NNC(=S)N1CCN(C=O)CC1. The zero-order chi connectivity index (χ0) is 8.97. The molecule has 1 aliphatic heterocycles. The summed E-state index contributed by atoms with van der Waals surface area (Å²) in [6, 6.07) is 0. The van der Waals surface area contributed by atoms with Crippen LogP contribution in [-0.4, -0.2) is 47.5 Å². The predicted octanol–water partition coefficient (Wildman–Crippen LogP) is -1.49. The molecule has 0 spiro atoms. The van der Waals surface area contributed by atoms with Crippen molar-refractivity contribution in [2.24, 2.45) is 5.84 Å². The first-order valence-corrected chi connectivity index (χ1v) is 4.13. The molecule has 0 aromatic carbocycles. The number of amides is 1. The molecule has 1 fully saturated rings. The summed E-state index contributed by atoms with van der Waals surface area (Å²) in [7, 11) is 0. The average molecular weight is 188 g/mol. The zero-order valence-corrected chi connectivity index (χ0v) is 7.51. The minimum Gasteiger partial charge on any atom is -0.345 e. The highest BCUT2D eigenvalue weighted by molar-refractivity contribution is 7.80. The fraction of sp³-hybridized carbons (Fsp3) is 0.667. The van der Waals surface area contributed by atoms with E-state index in [9.17, 15) is 4.79 Å². The zero-order valence-electron chi connectivity index (χ0n) is 6.69. The molecule has 0 saturated carbocycles. The summed E-state index contributed by atoms with van der Waals surface area (Å²) in [4.78, 5) is 14.0. The summed E-state index contributed by atoms with van der Waals surface area (Å²) in [6.45, 7) is 2.93. The number of carbonyl (C=O) groups excluding carboxylic acids is 1. The van der Waals surface area contributed by atoms with Gasteiger partial charge >= 0.3 is 0 Å². The Hall–Kier alpha value is -0.880. The highest BCUT2D eigenvalue weighted by Crippen LogP contribution is 1.98. The van der Waals surface area contributed by atoms with Crippen molar-refractivity contribution in [3.8, 4) is 0 Å². The normalized spacial score (nSPS) is 17.4. The van der Waals surface area contributed by atoms with Crippen LogP contribution in [0, 0.1) is 0 Å². The predicted molar refractivity (Wildman–Crippen MR) is 49.1 cm³/mol. The lowest BCUT2D eigenvalue weighted by Crippen LogP contribution is -2.52. The van der Waals surface area contributed by atoms with Crippen LogP contribution in [0.4, 0.5) is 0 Å². The number of hydrogen-bond acceptors (Lipinski definition) is 3. The topological polar surface area (TPSA) is 61.6 Å². The Kier molecular flexibility index (Phi) is 3.24. The fourth-order valence-electron chi connectivity index (χ4n) is 1.12. The summed E-state index contributed by atoms with van der Waals surface area (Å²) in [5.74, 6) is 5.15. The number of piperazine rings is 1. The quantitative estimate of drug-likeness (QED) is 0.227. The van der Waals surface area contributed by atoms with Gasteiger partial charge in [-0.15, -0.1) is 0 Å². The summed E-state index contributed by atoms with van der Waals surface area (Å²) >= 11 is 4.93. The minimum absolute atomic E-state index is 0.542. The Morgan fingerprint density at radius 1 is 1.42 bits per heavy atom. The molecular weight excluding hydrogens is 176 g/mol. The van der Waals surface area contributed by atoms with E-state index in [1.807, 2.05) is 4.90 Å². The molecule has 0 aromatic rings. The molecule has 6 heteroatoms. The molecule has 0 radical (unpaired) electrons. The van der Waals surface area contributed by atoms with Crippen molar-refractivity contribution in [1.29, 1.82) is 0 Å². The second kappa shape index (κ2) is 4.22. The molecule has 5 nitrogen and oxygen atoms in total. The summed E-state index contributed by atoms with van der Waals surface area (Å²) in [5, 5.41) is 0.542. The van der Waals surface area contributed by atoms with Gasteiger partial charge in [-0.2, -0.15) is 0 Å². The van der Waals surface area contributed by atoms with Crippen molar-refractivity contribution in [2.75, 3.05) is 26.2 Å². The average Bonchev–Trinajstić information content (AvgIpc) is 2.17. The number of hydrazine groups is 1. The Labute approximate surface area is 76.5 Å². The van der Waals surface area contributed by atoms with E-state index in [4.69, 9.17) is 18.1 Å². The van der Waals surface area contributed by atoms with Gasteiger partial charge < -0.3 is 15.2 Å². The summed E-state index contributed by atoms with van der Waals surface area (Å²) in [5.41, 5.74) is 2.42. The molecule has 1 aliphatic rings. The second-order valence-electron chi connectivity index (χ2n) is 2.58. The van der Waals surface area contributed by atoms with Crippen molar-refractivity contribution >= 4 is 23.7 Å². The maximum absolute atomic E-state index is 10.3. The van der Waals surface area contributed by atoms with E-state index in [-0.39, 0.29) is 0 Å². The maximum Gasteiger partial charge on any atom is 0.209 e. The standard InChI is InChI=1S/C6H12N4OS/c7-8-6(12)10-3-1-9(5-11)2-4-10/h5H,1-4,7H2,(H,8,12). The van der Waals surface area contributed by atoms with E-state index in [1.54, 1.807) is 4.90 Å². The van der Waals surface area contributed by atoms with Crippen molar-refractivity contribution < 1.29 is 4.79 Å². The molecule has 0 unspecified atom stereocenters. The van der Waals surface area contributed by atoms with E-state index in [1.165, 1.54) is 0 Å². The first kappa shape index (κ1) is 9.21.